The van der Waals surface area contributed by atoms with Crippen molar-refractivity contribution in [3.63, 3.8) is 0 Å². The van der Waals surface area contributed by atoms with Crippen LogP contribution in [0.5, 0.6) is 5.75 Å². The van der Waals surface area contributed by atoms with Gasteiger partial charge in [0.2, 0.25) is 0 Å². The van der Waals surface area contributed by atoms with E-state index in [1.807, 2.05) is 26.2 Å². The summed E-state index contributed by atoms with van der Waals surface area (Å²) in [6, 6.07) is 12.6. The van der Waals surface area contributed by atoms with Crippen LogP contribution in [0.4, 0.5) is 10.1 Å². The molecule has 2 aromatic carbocycles. The number of esters is 1. The van der Waals surface area contributed by atoms with E-state index in [9.17, 15) is 9.18 Å². The molecule has 1 saturated carbocycles. The predicted molar refractivity (Wildman–Crippen MR) is 117 cm³/mol. The summed E-state index contributed by atoms with van der Waals surface area (Å²) >= 11 is 0. The zero-order valence-corrected chi connectivity index (χ0v) is 18.6. The molecule has 166 valence electrons. The number of benzene rings is 2. The fourth-order valence-electron chi connectivity index (χ4n) is 5.41. The summed E-state index contributed by atoms with van der Waals surface area (Å²) in [4.78, 5) is 14.7. The van der Waals surface area contributed by atoms with E-state index >= 15 is 0 Å². The maximum absolute atomic E-state index is 13.6. The van der Waals surface area contributed by atoms with Crippen molar-refractivity contribution in [1.82, 2.24) is 0 Å². The van der Waals surface area contributed by atoms with Gasteiger partial charge in [-0.05, 0) is 55.2 Å². The molecule has 0 N–H and O–H groups in total. The Bertz CT molecular complexity index is 945. The molecule has 4 atom stereocenters. The topological polar surface area (TPSA) is 48.0 Å². The number of methoxy groups -OCH3 is 2. The van der Waals surface area contributed by atoms with Crippen LogP contribution in [0.3, 0.4) is 0 Å². The van der Waals surface area contributed by atoms with E-state index in [0.29, 0.717) is 13.0 Å². The fourth-order valence-corrected chi connectivity index (χ4v) is 5.41. The van der Waals surface area contributed by atoms with Crippen molar-refractivity contribution in [1.29, 1.82) is 0 Å². The van der Waals surface area contributed by atoms with E-state index in [0.717, 1.165) is 35.4 Å². The molecule has 5 nitrogen and oxygen atoms in total. The summed E-state index contributed by atoms with van der Waals surface area (Å²) < 4.78 is 30.9. The smallest absolute Gasteiger partial charge is 0.309 e. The second-order valence-corrected chi connectivity index (χ2v) is 8.80. The Balaban J connectivity index is 1.70. The van der Waals surface area contributed by atoms with Crippen molar-refractivity contribution in [2.45, 2.75) is 36.7 Å². The van der Waals surface area contributed by atoms with Crippen LogP contribution in [0, 0.1) is 11.7 Å². The fraction of sp³-hybridized carbons (Fsp3) is 0.480. The van der Waals surface area contributed by atoms with Crippen LogP contribution in [0.1, 0.15) is 42.2 Å². The molecule has 1 aliphatic heterocycles. The highest BCUT2D eigenvalue weighted by Gasteiger charge is 2.56. The van der Waals surface area contributed by atoms with Gasteiger partial charge in [0, 0.05) is 37.2 Å². The van der Waals surface area contributed by atoms with Crippen molar-refractivity contribution in [3.8, 4) is 5.75 Å². The minimum atomic E-state index is -0.486. The molecule has 4 rings (SSSR count). The highest BCUT2D eigenvalue weighted by Crippen LogP contribution is 2.57. The molecule has 0 aromatic heterocycles. The summed E-state index contributed by atoms with van der Waals surface area (Å²) in [5.41, 5.74) is 2.65. The SMILES string of the molecule is COC(=O)[C@H]1CC[C@@]2(C[C@@H](c3cc(N(C)C)ccc3OC)CO2)[C@@H]1c1ccc(F)cc1. The number of rotatable bonds is 5. The largest absolute Gasteiger partial charge is 0.496 e. The first-order valence-electron chi connectivity index (χ1n) is 10.7. The normalized spacial score (nSPS) is 27.5. The highest BCUT2D eigenvalue weighted by atomic mass is 19.1. The van der Waals surface area contributed by atoms with E-state index in [2.05, 4.69) is 11.0 Å². The number of ether oxygens (including phenoxy) is 3. The lowest BCUT2D eigenvalue weighted by atomic mass is 9.76. The summed E-state index contributed by atoms with van der Waals surface area (Å²) in [7, 11) is 7.14. The summed E-state index contributed by atoms with van der Waals surface area (Å²) in [6.07, 6.45) is 2.23. The minimum absolute atomic E-state index is 0.147. The average molecular weight is 428 g/mol. The molecule has 1 saturated heterocycles. The van der Waals surface area contributed by atoms with E-state index < -0.39 is 5.60 Å². The Hall–Kier alpha value is -2.60. The molecule has 31 heavy (non-hydrogen) atoms. The van der Waals surface area contributed by atoms with Crippen LogP contribution in [-0.4, -0.2) is 46.5 Å². The van der Waals surface area contributed by atoms with Crippen molar-refractivity contribution in [2.24, 2.45) is 5.92 Å². The Labute approximate surface area is 183 Å². The van der Waals surface area contributed by atoms with E-state index in [1.165, 1.54) is 19.2 Å². The molecule has 1 spiro atoms. The van der Waals surface area contributed by atoms with Crippen molar-refractivity contribution in [2.75, 3.05) is 39.8 Å². The zero-order chi connectivity index (χ0) is 22.2. The van der Waals surface area contributed by atoms with Gasteiger partial charge in [0.25, 0.3) is 0 Å². The average Bonchev–Trinajstić information content (AvgIpc) is 3.37. The lowest BCUT2D eigenvalue weighted by Gasteiger charge is -2.33. The number of carbonyl (C=O) groups is 1. The van der Waals surface area contributed by atoms with Gasteiger partial charge in [0.1, 0.15) is 11.6 Å². The van der Waals surface area contributed by atoms with E-state index in [-0.39, 0.29) is 29.5 Å². The third-order valence-electron chi connectivity index (χ3n) is 6.91. The summed E-state index contributed by atoms with van der Waals surface area (Å²) in [5.74, 6) is -0.00427. The van der Waals surface area contributed by atoms with Gasteiger partial charge in [-0.1, -0.05) is 12.1 Å². The molecule has 1 heterocycles. The Morgan fingerprint density at radius 2 is 1.90 bits per heavy atom. The summed E-state index contributed by atoms with van der Waals surface area (Å²) in [6.45, 7) is 0.554. The number of hydrogen-bond donors (Lipinski definition) is 0. The van der Waals surface area contributed by atoms with E-state index in [4.69, 9.17) is 14.2 Å². The van der Waals surface area contributed by atoms with Gasteiger partial charge in [-0.2, -0.15) is 0 Å². The molecule has 6 heteroatoms. The molecule has 0 amide bonds. The monoisotopic (exact) mass is 427 g/mol. The first kappa shape index (κ1) is 21.6. The van der Waals surface area contributed by atoms with Crippen molar-refractivity contribution < 1.29 is 23.4 Å². The van der Waals surface area contributed by atoms with Crippen LogP contribution in [0.2, 0.25) is 0 Å². The van der Waals surface area contributed by atoms with Crippen molar-refractivity contribution in [3.05, 3.63) is 59.4 Å². The number of anilines is 1. The van der Waals surface area contributed by atoms with Gasteiger partial charge in [-0.3, -0.25) is 4.79 Å². The molecular weight excluding hydrogens is 397 g/mol. The van der Waals surface area contributed by atoms with E-state index in [1.54, 1.807) is 19.2 Å². The highest BCUT2D eigenvalue weighted by molar-refractivity contribution is 5.74. The van der Waals surface area contributed by atoms with Crippen LogP contribution in [0.15, 0.2) is 42.5 Å². The van der Waals surface area contributed by atoms with Crippen LogP contribution < -0.4 is 9.64 Å². The van der Waals surface area contributed by atoms with Crippen molar-refractivity contribution >= 4 is 11.7 Å². The molecule has 2 aliphatic rings. The molecule has 2 fully saturated rings. The number of halogens is 1. The zero-order valence-electron chi connectivity index (χ0n) is 18.6. The first-order valence-corrected chi connectivity index (χ1v) is 10.7. The van der Waals surface area contributed by atoms with Crippen LogP contribution in [0.25, 0.3) is 0 Å². The Morgan fingerprint density at radius 3 is 2.55 bits per heavy atom. The lowest BCUT2D eigenvalue weighted by Crippen LogP contribution is -2.35. The predicted octanol–water partition coefficient (Wildman–Crippen LogP) is 4.51. The van der Waals surface area contributed by atoms with Gasteiger partial charge in [0.05, 0.1) is 32.3 Å². The minimum Gasteiger partial charge on any atom is -0.496 e. The summed E-state index contributed by atoms with van der Waals surface area (Å²) in [5, 5.41) is 0. The second kappa shape index (κ2) is 8.50. The second-order valence-electron chi connectivity index (χ2n) is 8.80. The standard InChI is InChI=1S/C25H30FNO4/c1-27(2)19-9-10-22(29-3)21(13-19)17-14-25(31-15-17)12-11-20(24(28)30-4)23(25)16-5-7-18(26)8-6-16/h5-10,13,17,20,23H,11-12,14-15H2,1-4H3/t17-,20+,23-,25-/m1/s1. The molecule has 0 unspecified atom stereocenters. The maximum Gasteiger partial charge on any atom is 0.309 e. The number of carbonyl (C=O) groups excluding carboxylic acids is 1. The molecule has 2 aromatic rings. The van der Waals surface area contributed by atoms with Crippen LogP contribution in [-0.2, 0) is 14.3 Å². The Kier molecular flexibility index (Phi) is 5.93. The third-order valence-corrected chi connectivity index (χ3v) is 6.91. The number of hydrogen-bond acceptors (Lipinski definition) is 5. The molecule has 0 radical (unpaired) electrons. The third kappa shape index (κ3) is 3.89. The maximum atomic E-state index is 13.6. The Morgan fingerprint density at radius 1 is 1.16 bits per heavy atom. The quantitative estimate of drug-likeness (QED) is 0.657. The van der Waals surface area contributed by atoms with Gasteiger partial charge in [0.15, 0.2) is 0 Å². The van der Waals surface area contributed by atoms with Crippen LogP contribution >= 0.6 is 0 Å². The molecule has 1 aliphatic carbocycles. The molecular formula is C25H30FNO4. The van der Waals surface area contributed by atoms with Gasteiger partial charge in [-0.15, -0.1) is 0 Å². The molecule has 0 bridgehead atoms. The van der Waals surface area contributed by atoms with Gasteiger partial charge < -0.3 is 19.1 Å². The lowest BCUT2D eigenvalue weighted by molar-refractivity contribution is -0.146. The van der Waals surface area contributed by atoms with Gasteiger partial charge >= 0.3 is 5.97 Å². The first-order chi connectivity index (χ1) is 14.9. The van der Waals surface area contributed by atoms with Gasteiger partial charge in [-0.25, -0.2) is 4.39 Å². The number of nitrogens with zero attached hydrogens (tertiary/aromatic N) is 1.